The fourth-order valence-corrected chi connectivity index (χ4v) is 2.33. The molecule has 0 radical (unpaired) electrons. The lowest BCUT2D eigenvalue weighted by Crippen LogP contribution is -2.22. The lowest BCUT2D eigenvalue weighted by atomic mass is 10.3. The average molecular weight is 360 g/mol. The molecule has 2 aromatic carbocycles. The van der Waals surface area contributed by atoms with Crippen LogP contribution in [0.3, 0.4) is 0 Å². The van der Waals surface area contributed by atoms with Crippen molar-refractivity contribution in [3.8, 4) is 5.75 Å². The molecule has 0 bridgehead atoms. The average Bonchev–Trinajstić information content (AvgIpc) is 2.49. The van der Waals surface area contributed by atoms with Gasteiger partial charge in [0.2, 0.25) is 5.91 Å². The van der Waals surface area contributed by atoms with E-state index in [1.165, 1.54) is 7.11 Å². The number of carbonyl (C=O) groups is 1. The van der Waals surface area contributed by atoms with Gasteiger partial charge in [-0.3, -0.25) is 4.79 Å². The van der Waals surface area contributed by atoms with Crippen LogP contribution < -0.4 is 15.4 Å². The minimum atomic E-state index is -0.267. The second-order valence-corrected chi connectivity index (χ2v) is 5.57. The van der Waals surface area contributed by atoms with Gasteiger partial charge in [0.25, 0.3) is 0 Å². The van der Waals surface area contributed by atoms with Crippen LogP contribution in [0.25, 0.3) is 0 Å². The van der Waals surface area contributed by atoms with Crippen molar-refractivity contribution in [1.82, 2.24) is 0 Å². The molecule has 0 fully saturated rings. The predicted octanol–water partition coefficient (Wildman–Crippen LogP) is 4.71. The number of ether oxygens (including phenoxy) is 1. The largest absolute Gasteiger partial charge is 0.495 e. The molecule has 0 unspecified atom stereocenters. The van der Waals surface area contributed by atoms with Gasteiger partial charge in [-0.2, -0.15) is 0 Å². The van der Waals surface area contributed by atoms with Gasteiger partial charge in [0, 0.05) is 5.02 Å². The minimum Gasteiger partial charge on any atom is -0.495 e. The first-order valence-corrected chi connectivity index (χ1v) is 7.46. The second kappa shape index (κ2) is 7.58. The number of methoxy groups -OCH3 is 1. The first-order chi connectivity index (χ1) is 10.5. The Morgan fingerprint density at radius 3 is 2.64 bits per heavy atom. The van der Waals surface area contributed by atoms with Crippen LogP contribution in [0.4, 0.5) is 11.4 Å². The van der Waals surface area contributed by atoms with Crippen LogP contribution in [0.5, 0.6) is 5.75 Å². The molecule has 4 nitrogen and oxygen atoms in total. The van der Waals surface area contributed by atoms with Crippen molar-refractivity contribution in [2.75, 3.05) is 24.3 Å². The molecule has 0 aliphatic heterocycles. The third kappa shape index (κ3) is 4.19. The van der Waals surface area contributed by atoms with Gasteiger partial charge < -0.3 is 15.4 Å². The number of nitrogens with one attached hydrogen (secondary N) is 2. The number of benzene rings is 2. The number of hydrogen-bond donors (Lipinski definition) is 2. The van der Waals surface area contributed by atoms with E-state index in [0.717, 1.165) is 0 Å². The summed E-state index contributed by atoms with van der Waals surface area (Å²) in [6.45, 7) is 0.0235. The molecule has 22 heavy (non-hydrogen) atoms. The van der Waals surface area contributed by atoms with E-state index in [9.17, 15) is 4.79 Å². The zero-order valence-corrected chi connectivity index (χ0v) is 13.9. The molecule has 0 aliphatic rings. The molecule has 116 valence electrons. The number of halogens is 3. The van der Waals surface area contributed by atoms with Crippen molar-refractivity contribution in [3.05, 3.63) is 51.5 Å². The molecule has 2 aromatic rings. The van der Waals surface area contributed by atoms with Crippen LogP contribution in [0, 0.1) is 0 Å². The Morgan fingerprint density at radius 2 is 1.91 bits per heavy atom. The Hall–Kier alpha value is -1.62. The number of hydrogen-bond acceptors (Lipinski definition) is 3. The molecule has 2 rings (SSSR count). The van der Waals surface area contributed by atoms with E-state index < -0.39 is 0 Å². The monoisotopic (exact) mass is 358 g/mol. The van der Waals surface area contributed by atoms with Crippen molar-refractivity contribution in [2.24, 2.45) is 0 Å². The molecule has 0 saturated carbocycles. The first kappa shape index (κ1) is 16.7. The Balaban J connectivity index is 2.02. The quantitative estimate of drug-likeness (QED) is 0.813. The van der Waals surface area contributed by atoms with Gasteiger partial charge in [-0.1, -0.05) is 40.9 Å². The van der Waals surface area contributed by atoms with Gasteiger partial charge in [-0.15, -0.1) is 0 Å². The van der Waals surface area contributed by atoms with Crippen molar-refractivity contribution in [2.45, 2.75) is 0 Å². The van der Waals surface area contributed by atoms with E-state index in [1.807, 2.05) is 0 Å². The second-order valence-electron chi connectivity index (χ2n) is 4.35. The van der Waals surface area contributed by atoms with E-state index in [4.69, 9.17) is 39.5 Å². The van der Waals surface area contributed by atoms with Crippen molar-refractivity contribution < 1.29 is 9.53 Å². The van der Waals surface area contributed by atoms with Crippen LogP contribution in [-0.2, 0) is 4.79 Å². The summed E-state index contributed by atoms with van der Waals surface area (Å²) < 4.78 is 5.17. The van der Waals surface area contributed by atoms with Gasteiger partial charge >= 0.3 is 0 Å². The van der Waals surface area contributed by atoms with E-state index in [-0.39, 0.29) is 12.5 Å². The van der Waals surface area contributed by atoms with Crippen LogP contribution in [0.15, 0.2) is 36.4 Å². The van der Waals surface area contributed by atoms with E-state index in [1.54, 1.807) is 36.4 Å². The normalized spacial score (nSPS) is 10.2. The van der Waals surface area contributed by atoms with Gasteiger partial charge in [0.05, 0.1) is 35.1 Å². The maximum Gasteiger partial charge on any atom is 0.243 e. The van der Waals surface area contributed by atoms with Crippen LogP contribution in [0.2, 0.25) is 15.1 Å². The molecular weight excluding hydrogens is 347 g/mol. The summed E-state index contributed by atoms with van der Waals surface area (Å²) >= 11 is 17.9. The molecule has 0 spiro atoms. The highest BCUT2D eigenvalue weighted by Gasteiger charge is 2.10. The lowest BCUT2D eigenvalue weighted by molar-refractivity contribution is -0.114. The van der Waals surface area contributed by atoms with Gasteiger partial charge in [0.1, 0.15) is 5.75 Å². The summed E-state index contributed by atoms with van der Waals surface area (Å²) in [5, 5.41) is 6.94. The summed E-state index contributed by atoms with van der Waals surface area (Å²) in [5.74, 6) is 0.259. The number of carbonyl (C=O) groups excluding carboxylic acids is 1. The molecule has 2 N–H and O–H groups in total. The van der Waals surface area contributed by atoms with Gasteiger partial charge in [-0.05, 0) is 30.3 Å². The summed E-state index contributed by atoms with van der Waals surface area (Å²) in [6.07, 6.45) is 0. The molecule has 1 amide bonds. The summed E-state index contributed by atoms with van der Waals surface area (Å²) in [5.41, 5.74) is 1.08. The number of anilines is 2. The zero-order valence-electron chi connectivity index (χ0n) is 11.6. The van der Waals surface area contributed by atoms with Crippen LogP contribution >= 0.6 is 34.8 Å². The summed E-state index contributed by atoms with van der Waals surface area (Å²) in [6, 6.07) is 10.1. The molecular formula is C15H13Cl3N2O2. The van der Waals surface area contributed by atoms with Crippen molar-refractivity contribution >= 4 is 52.1 Å². The third-order valence-electron chi connectivity index (χ3n) is 2.83. The highest BCUT2D eigenvalue weighted by Crippen LogP contribution is 2.30. The maximum atomic E-state index is 12.0. The molecule has 0 aromatic heterocycles. The van der Waals surface area contributed by atoms with E-state index in [2.05, 4.69) is 10.6 Å². The van der Waals surface area contributed by atoms with Crippen LogP contribution in [0.1, 0.15) is 0 Å². The fraction of sp³-hybridized carbons (Fsp3) is 0.133. The SMILES string of the molecule is COc1ccc(Cl)cc1NC(=O)CNc1cccc(Cl)c1Cl. The molecule has 7 heteroatoms. The first-order valence-electron chi connectivity index (χ1n) is 6.32. The molecule has 0 aliphatic carbocycles. The summed E-state index contributed by atoms with van der Waals surface area (Å²) in [4.78, 5) is 12.0. The third-order valence-corrected chi connectivity index (χ3v) is 3.88. The van der Waals surface area contributed by atoms with E-state index >= 15 is 0 Å². The molecule has 0 heterocycles. The fourth-order valence-electron chi connectivity index (χ4n) is 1.79. The Labute approximate surface area is 143 Å². The molecule has 0 atom stereocenters. The number of rotatable bonds is 5. The Bertz CT molecular complexity index is 692. The highest BCUT2D eigenvalue weighted by molar-refractivity contribution is 6.43. The van der Waals surface area contributed by atoms with Crippen LogP contribution in [-0.4, -0.2) is 19.6 Å². The minimum absolute atomic E-state index is 0.0235. The Morgan fingerprint density at radius 1 is 1.14 bits per heavy atom. The molecule has 0 saturated heterocycles. The zero-order chi connectivity index (χ0) is 16.1. The van der Waals surface area contributed by atoms with E-state index in [0.29, 0.717) is 32.2 Å². The standard InChI is InChI=1S/C15H13Cl3N2O2/c1-22-13-6-5-9(16)7-12(13)20-14(21)8-19-11-4-2-3-10(17)15(11)18/h2-7,19H,8H2,1H3,(H,20,21). The topological polar surface area (TPSA) is 50.4 Å². The van der Waals surface area contributed by atoms with Gasteiger partial charge in [-0.25, -0.2) is 0 Å². The highest BCUT2D eigenvalue weighted by atomic mass is 35.5. The van der Waals surface area contributed by atoms with Crippen molar-refractivity contribution in [1.29, 1.82) is 0 Å². The predicted molar refractivity (Wildman–Crippen MR) is 91.6 cm³/mol. The smallest absolute Gasteiger partial charge is 0.243 e. The Kier molecular flexibility index (Phi) is 5.77. The number of amides is 1. The van der Waals surface area contributed by atoms with Gasteiger partial charge in [0.15, 0.2) is 0 Å². The lowest BCUT2D eigenvalue weighted by Gasteiger charge is -2.12. The van der Waals surface area contributed by atoms with Crippen molar-refractivity contribution in [3.63, 3.8) is 0 Å². The maximum absolute atomic E-state index is 12.0. The summed E-state index contributed by atoms with van der Waals surface area (Å²) in [7, 11) is 1.52.